The van der Waals surface area contributed by atoms with Gasteiger partial charge in [0, 0.05) is 56.9 Å². The Morgan fingerprint density at radius 1 is 1.04 bits per heavy atom. The molecule has 0 bridgehead atoms. The maximum atomic E-state index is 14.6. The zero-order valence-electron chi connectivity index (χ0n) is 28.4. The molecule has 15 heteroatoms. The average molecular weight is 698 g/mol. The lowest BCUT2D eigenvalue weighted by Crippen LogP contribution is -2.67. The fraction of sp³-hybridized carbons (Fsp3) is 0.706. The molecule has 49 heavy (non-hydrogen) atoms. The zero-order valence-corrected chi connectivity index (χ0v) is 28.4. The highest BCUT2D eigenvalue weighted by atomic mass is 19.3. The number of amides is 4. The van der Waals surface area contributed by atoms with Gasteiger partial charge < -0.3 is 25.4 Å². The van der Waals surface area contributed by atoms with Crippen molar-refractivity contribution in [3.63, 3.8) is 0 Å². The van der Waals surface area contributed by atoms with Gasteiger partial charge in [-0.3, -0.25) is 24.2 Å². The van der Waals surface area contributed by atoms with Crippen LogP contribution in [0.5, 0.6) is 5.75 Å². The molecule has 0 unspecified atom stereocenters. The number of fused-ring (bicyclic) bond motifs is 2. The van der Waals surface area contributed by atoms with Crippen molar-refractivity contribution in [1.82, 2.24) is 25.3 Å². The second kappa shape index (κ2) is 13.9. The van der Waals surface area contributed by atoms with Crippen LogP contribution in [0.15, 0.2) is 24.3 Å². The van der Waals surface area contributed by atoms with Crippen LogP contribution < -0.4 is 15.4 Å². The summed E-state index contributed by atoms with van der Waals surface area (Å²) in [4.78, 5) is 58.1. The second-order valence-corrected chi connectivity index (χ2v) is 15.2. The van der Waals surface area contributed by atoms with Gasteiger partial charge in [0.25, 0.3) is 5.92 Å². The van der Waals surface area contributed by atoms with Gasteiger partial charge in [0.05, 0.1) is 19.2 Å². The molecular formula is C34H47F4N5O6. The molecule has 5 atom stereocenters. The Labute approximate surface area is 283 Å². The van der Waals surface area contributed by atoms with Gasteiger partial charge in [-0.2, -0.15) is 0 Å². The third-order valence-electron chi connectivity index (χ3n) is 10.1. The van der Waals surface area contributed by atoms with E-state index in [4.69, 9.17) is 4.74 Å². The fourth-order valence-corrected chi connectivity index (χ4v) is 7.51. The van der Waals surface area contributed by atoms with E-state index in [9.17, 15) is 41.8 Å². The number of halogens is 4. The van der Waals surface area contributed by atoms with Gasteiger partial charge in [0.2, 0.25) is 23.6 Å². The summed E-state index contributed by atoms with van der Waals surface area (Å²) < 4.78 is 63.5. The third-order valence-corrected chi connectivity index (χ3v) is 10.1. The molecular weight excluding hydrogens is 650 g/mol. The molecule has 3 heterocycles. The fourth-order valence-electron chi connectivity index (χ4n) is 7.51. The first kappa shape index (κ1) is 36.7. The Hall–Kier alpha value is -3.62. The Morgan fingerprint density at radius 3 is 2.37 bits per heavy atom. The molecule has 272 valence electrons. The molecule has 1 aliphatic carbocycles. The summed E-state index contributed by atoms with van der Waals surface area (Å²) in [6, 6.07) is 2.12. The minimum atomic E-state index is -3.03. The lowest BCUT2D eigenvalue weighted by molar-refractivity contribution is -0.150. The Kier molecular flexibility index (Phi) is 10.4. The van der Waals surface area contributed by atoms with Crippen LogP contribution in [0.3, 0.4) is 0 Å². The van der Waals surface area contributed by atoms with Gasteiger partial charge in [-0.1, -0.05) is 39.0 Å². The number of benzene rings is 1. The predicted molar refractivity (Wildman–Crippen MR) is 170 cm³/mol. The largest absolute Gasteiger partial charge is 0.493 e. The van der Waals surface area contributed by atoms with E-state index in [0.717, 1.165) is 10.5 Å². The number of alkyl halides is 4. The number of hydrogen-bond acceptors (Lipinski definition) is 6. The highest BCUT2D eigenvalue weighted by Crippen LogP contribution is 2.40. The van der Waals surface area contributed by atoms with Gasteiger partial charge in [0.15, 0.2) is 0 Å². The number of carboxylic acid groups (broad SMARTS) is 1. The standard InChI is InChI=1S/C34H47F4N5O6/c1-20(43(31(47)48)18-32(2,3)4)28(44)40-27(21-9-12-33(35,36)13-10-21)30(46)42-16-22-15-34(37,38)19-41(22)17-25(42)29(45)39-24-11-14-49-26-8-6-5-7-23(24)26/h5-8,20-22,24-25,27H,9-19H2,1-4H3,(H,39,45)(H,40,44)(H,47,48)/t20-,22+,24+,25-,27-/m0/s1. The van der Waals surface area contributed by atoms with E-state index in [1.165, 1.54) is 16.7 Å². The molecule has 3 N–H and O–H groups in total. The molecule has 1 aromatic rings. The first-order valence-corrected chi connectivity index (χ1v) is 17.0. The lowest BCUT2D eigenvalue weighted by Gasteiger charge is -2.45. The molecule has 0 spiro atoms. The summed E-state index contributed by atoms with van der Waals surface area (Å²) in [5.74, 6) is -8.24. The number of ether oxygens (including phenoxy) is 1. The normalized spacial score (nSPS) is 26.4. The molecule has 1 saturated carbocycles. The summed E-state index contributed by atoms with van der Waals surface area (Å²) in [6.07, 6.45) is -2.69. The summed E-state index contributed by atoms with van der Waals surface area (Å²) >= 11 is 0. The minimum Gasteiger partial charge on any atom is -0.493 e. The van der Waals surface area contributed by atoms with Crippen LogP contribution in [-0.4, -0.2) is 112 Å². The Balaban J connectivity index is 1.44. The number of nitrogens with zero attached hydrogens (tertiary/aromatic N) is 3. The number of carbonyl (C=O) groups excluding carboxylic acids is 3. The van der Waals surface area contributed by atoms with E-state index in [1.54, 1.807) is 39.0 Å². The first-order chi connectivity index (χ1) is 22.8. The van der Waals surface area contributed by atoms with Crippen molar-refractivity contribution < 1.29 is 46.6 Å². The summed E-state index contributed by atoms with van der Waals surface area (Å²) in [5.41, 5.74) is 0.230. The van der Waals surface area contributed by atoms with Crippen molar-refractivity contribution in [2.75, 3.05) is 32.8 Å². The van der Waals surface area contributed by atoms with Crippen molar-refractivity contribution >= 4 is 23.8 Å². The number of hydrogen-bond donors (Lipinski definition) is 3. The van der Waals surface area contributed by atoms with Crippen LogP contribution in [0.1, 0.15) is 77.8 Å². The van der Waals surface area contributed by atoms with Crippen molar-refractivity contribution in [2.24, 2.45) is 11.3 Å². The number of piperazine rings is 1. The van der Waals surface area contributed by atoms with Crippen molar-refractivity contribution in [3.05, 3.63) is 29.8 Å². The van der Waals surface area contributed by atoms with Crippen molar-refractivity contribution in [2.45, 2.75) is 108 Å². The molecule has 3 aliphatic heterocycles. The predicted octanol–water partition coefficient (Wildman–Crippen LogP) is 4.27. The molecule has 3 fully saturated rings. The van der Waals surface area contributed by atoms with Gasteiger partial charge in [-0.05, 0) is 37.2 Å². The Bertz CT molecular complexity index is 1410. The maximum Gasteiger partial charge on any atom is 0.407 e. The summed E-state index contributed by atoms with van der Waals surface area (Å²) in [7, 11) is 0. The summed E-state index contributed by atoms with van der Waals surface area (Å²) in [6.45, 7) is 6.14. The molecule has 0 aromatic heterocycles. The number of nitrogens with one attached hydrogen (secondary N) is 2. The van der Waals surface area contributed by atoms with E-state index in [1.807, 2.05) is 6.07 Å². The van der Waals surface area contributed by atoms with Crippen LogP contribution in [-0.2, 0) is 14.4 Å². The molecule has 1 aromatic carbocycles. The monoisotopic (exact) mass is 697 g/mol. The van der Waals surface area contributed by atoms with Gasteiger partial charge in [-0.15, -0.1) is 0 Å². The highest BCUT2D eigenvalue weighted by Gasteiger charge is 2.53. The van der Waals surface area contributed by atoms with Crippen LogP contribution in [0.2, 0.25) is 0 Å². The van der Waals surface area contributed by atoms with E-state index in [-0.39, 0.29) is 32.5 Å². The van der Waals surface area contributed by atoms with E-state index >= 15 is 0 Å². The molecule has 4 aliphatic rings. The number of rotatable bonds is 8. The van der Waals surface area contributed by atoms with Crippen LogP contribution in [0.4, 0.5) is 22.4 Å². The average Bonchev–Trinajstić information content (AvgIpc) is 3.33. The first-order valence-electron chi connectivity index (χ1n) is 17.0. The van der Waals surface area contributed by atoms with Gasteiger partial charge in [-0.25, -0.2) is 22.4 Å². The van der Waals surface area contributed by atoms with Crippen LogP contribution in [0, 0.1) is 11.3 Å². The SMILES string of the molecule is C[C@@H](C(=O)N[C@H](C(=O)N1C[C@H]2CC(F)(F)CN2C[C@H]1C(=O)N[C@@H]1CCOc2ccccc21)C1CCC(F)(F)CC1)N(CC(C)(C)C)C(=O)O. The second-order valence-electron chi connectivity index (χ2n) is 15.2. The number of carbonyl (C=O) groups is 4. The van der Waals surface area contributed by atoms with Crippen LogP contribution >= 0.6 is 0 Å². The Morgan fingerprint density at radius 2 is 1.71 bits per heavy atom. The highest BCUT2D eigenvalue weighted by molar-refractivity contribution is 5.94. The number of para-hydroxylation sites is 1. The zero-order chi connectivity index (χ0) is 35.9. The minimum absolute atomic E-state index is 0.000611. The topological polar surface area (TPSA) is 132 Å². The third kappa shape index (κ3) is 8.58. The van der Waals surface area contributed by atoms with E-state index in [0.29, 0.717) is 18.8 Å². The van der Waals surface area contributed by atoms with Gasteiger partial charge in [0.1, 0.15) is 23.9 Å². The quantitative estimate of drug-likeness (QED) is 0.346. The van der Waals surface area contributed by atoms with Crippen LogP contribution in [0.25, 0.3) is 0 Å². The summed E-state index contributed by atoms with van der Waals surface area (Å²) in [5, 5.41) is 15.6. The van der Waals surface area contributed by atoms with Gasteiger partial charge >= 0.3 is 6.09 Å². The molecule has 11 nitrogen and oxygen atoms in total. The molecule has 0 radical (unpaired) electrons. The lowest BCUT2D eigenvalue weighted by atomic mass is 9.81. The molecule has 2 saturated heterocycles. The molecule has 4 amide bonds. The van der Waals surface area contributed by atoms with E-state index in [2.05, 4.69) is 10.6 Å². The van der Waals surface area contributed by atoms with E-state index < -0.39 is 103 Å². The van der Waals surface area contributed by atoms with Crippen molar-refractivity contribution in [3.8, 4) is 5.75 Å². The smallest absolute Gasteiger partial charge is 0.407 e. The maximum absolute atomic E-state index is 14.6. The molecule has 5 rings (SSSR count). The van der Waals surface area contributed by atoms with Crippen molar-refractivity contribution in [1.29, 1.82) is 0 Å².